The molecule has 0 heterocycles. The van der Waals surface area contributed by atoms with E-state index >= 15 is 0 Å². The van der Waals surface area contributed by atoms with E-state index in [1.165, 1.54) is 27.5 Å². The molecule has 0 unspecified atom stereocenters. The summed E-state index contributed by atoms with van der Waals surface area (Å²) >= 11 is 0. The molecule has 0 aliphatic carbocycles. The van der Waals surface area contributed by atoms with Crippen molar-refractivity contribution in [1.29, 1.82) is 0 Å². The standard InChI is InChI=1S/C34H34/c1-8-15-27(22-25(6)28-18-14-17-24(5)21-28)26(7)23-34-30(11-4)33-20-13-12-19-32(33)29(10-3)31(34)16-9-2/h8-23H,1,3-4H2,2,5-7H3. The maximum atomic E-state index is 4.16. The molecule has 0 bridgehead atoms. The van der Waals surface area contributed by atoms with Crippen LogP contribution in [-0.4, -0.2) is 0 Å². The van der Waals surface area contributed by atoms with Gasteiger partial charge >= 0.3 is 0 Å². The van der Waals surface area contributed by atoms with E-state index in [-0.39, 0.29) is 0 Å². The normalized spacial score (nSPS) is 12.9. The molecular formula is C34H34. The Hall–Kier alpha value is -3.90. The Labute approximate surface area is 205 Å². The minimum atomic E-state index is 1.13. The molecule has 0 nitrogen and oxygen atoms in total. The van der Waals surface area contributed by atoms with Gasteiger partial charge in [-0.05, 0) is 83.0 Å². The van der Waals surface area contributed by atoms with Gasteiger partial charge in [-0.3, -0.25) is 0 Å². The van der Waals surface area contributed by atoms with Gasteiger partial charge in [0.15, 0.2) is 0 Å². The summed E-state index contributed by atoms with van der Waals surface area (Å²) in [6.07, 6.45) is 16.6. The highest BCUT2D eigenvalue weighted by Gasteiger charge is 2.14. The van der Waals surface area contributed by atoms with Crippen molar-refractivity contribution in [3.8, 4) is 0 Å². The van der Waals surface area contributed by atoms with Crippen LogP contribution in [0.15, 0.2) is 104 Å². The predicted molar refractivity (Wildman–Crippen MR) is 156 cm³/mol. The smallest absolute Gasteiger partial charge is 0.00964 e. The Balaban J connectivity index is 2.27. The summed E-state index contributed by atoms with van der Waals surface area (Å²) in [7, 11) is 0. The fourth-order valence-corrected chi connectivity index (χ4v) is 4.40. The number of fused-ring (bicyclic) bond motifs is 1. The number of aryl methyl sites for hydroxylation is 1. The minimum Gasteiger partial charge on any atom is -0.0990 e. The fourth-order valence-electron chi connectivity index (χ4n) is 4.40. The molecule has 0 amide bonds. The molecule has 0 spiro atoms. The Morgan fingerprint density at radius 1 is 0.794 bits per heavy atom. The van der Waals surface area contributed by atoms with Crippen LogP contribution in [0.25, 0.3) is 40.6 Å². The van der Waals surface area contributed by atoms with E-state index in [9.17, 15) is 0 Å². The van der Waals surface area contributed by atoms with E-state index in [4.69, 9.17) is 0 Å². The summed E-state index contributed by atoms with van der Waals surface area (Å²) in [5.41, 5.74) is 10.6. The highest BCUT2D eigenvalue weighted by atomic mass is 14.2. The Bertz CT molecular complexity index is 1370. The van der Waals surface area contributed by atoms with Gasteiger partial charge in [0.05, 0.1) is 0 Å². The lowest BCUT2D eigenvalue weighted by Crippen LogP contribution is -1.96. The van der Waals surface area contributed by atoms with Gasteiger partial charge in [0.2, 0.25) is 0 Å². The van der Waals surface area contributed by atoms with Crippen LogP contribution >= 0.6 is 0 Å². The molecule has 0 heteroatoms. The molecular weight excluding hydrogens is 408 g/mol. The molecule has 0 fully saturated rings. The highest BCUT2D eigenvalue weighted by molar-refractivity contribution is 6.03. The second-order valence-corrected chi connectivity index (χ2v) is 8.49. The molecule has 0 aromatic heterocycles. The largest absolute Gasteiger partial charge is 0.0990 e. The van der Waals surface area contributed by atoms with Gasteiger partial charge in [-0.1, -0.05) is 122 Å². The zero-order valence-corrected chi connectivity index (χ0v) is 20.9. The molecule has 0 atom stereocenters. The molecule has 0 saturated heterocycles. The summed E-state index contributed by atoms with van der Waals surface area (Å²) in [6.45, 7) is 20.7. The molecule has 0 N–H and O–H groups in total. The van der Waals surface area contributed by atoms with E-state index in [1.54, 1.807) is 0 Å². The third kappa shape index (κ3) is 5.18. The average Bonchev–Trinajstić information content (AvgIpc) is 2.84. The lowest BCUT2D eigenvalue weighted by atomic mass is 9.87. The van der Waals surface area contributed by atoms with Crippen LogP contribution in [0.5, 0.6) is 0 Å². The van der Waals surface area contributed by atoms with Crippen LogP contribution in [0.1, 0.15) is 54.2 Å². The fraction of sp³-hybridized carbons (Fsp3) is 0.118. The molecule has 0 radical (unpaired) electrons. The minimum absolute atomic E-state index is 1.13. The molecule has 3 rings (SSSR count). The Morgan fingerprint density at radius 2 is 1.44 bits per heavy atom. The molecule has 3 aromatic carbocycles. The summed E-state index contributed by atoms with van der Waals surface area (Å²) in [4.78, 5) is 0. The van der Waals surface area contributed by atoms with Crippen molar-refractivity contribution in [2.75, 3.05) is 0 Å². The van der Waals surface area contributed by atoms with Gasteiger partial charge < -0.3 is 0 Å². The van der Waals surface area contributed by atoms with Gasteiger partial charge in [-0.15, -0.1) is 0 Å². The van der Waals surface area contributed by atoms with Crippen LogP contribution in [0.3, 0.4) is 0 Å². The van der Waals surface area contributed by atoms with Crippen molar-refractivity contribution in [3.05, 3.63) is 137 Å². The molecule has 34 heavy (non-hydrogen) atoms. The molecule has 0 aliphatic heterocycles. The van der Waals surface area contributed by atoms with Crippen molar-refractivity contribution < 1.29 is 0 Å². The second-order valence-electron chi connectivity index (χ2n) is 8.49. The number of benzene rings is 3. The van der Waals surface area contributed by atoms with Crippen molar-refractivity contribution in [2.24, 2.45) is 0 Å². The van der Waals surface area contributed by atoms with E-state index < -0.39 is 0 Å². The van der Waals surface area contributed by atoms with Crippen molar-refractivity contribution in [1.82, 2.24) is 0 Å². The molecule has 0 saturated carbocycles. The van der Waals surface area contributed by atoms with E-state index in [0.29, 0.717) is 0 Å². The zero-order chi connectivity index (χ0) is 24.7. The SMILES string of the molecule is C=CC=C(C=C(C)c1cccc(C)c1)C(C)=Cc1c(C=CC)c(C=C)c2ccccc2c1C=C. The predicted octanol–water partition coefficient (Wildman–Crippen LogP) is 10.1. The number of hydrogen-bond acceptors (Lipinski definition) is 0. The number of rotatable bonds is 8. The quantitative estimate of drug-likeness (QED) is 0.304. The molecule has 170 valence electrons. The molecule has 3 aromatic rings. The average molecular weight is 443 g/mol. The van der Waals surface area contributed by atoms with Gasteiger partial charge in [0.1, 0.15) is 0 Å². The van der Waals surface area contributed by atoms with Crippen molar-refractivity contribution in [2.45, 2.75) is 27.7 Å². The van der Waals surface area contributed by atoms with Gasteiger partial charge in [-0.2, -0.15) is 0 Å². The van der Waals surface area contributed by atoms with Crippen LogP contribution in [0, 0.1) is 6.92 Å². The van der Waals surface area contributed by atoms with Crippen LogP contribution in [0.2, 0.25) is 0 Å². The lowest BCUT2D eigenvalue weighted by Gasteiger charge is -2.17. The first-order valence-corrected chi connectivity index (χ1v) is 11.7. The first-order valence-electron chi connectivity index (χ1n) is 11.7. The molecule has 0 aliphatic rings. The zero-order valence-electron chi connectivity index (χ0n) is 20.9. The van der Waals surface area contributed by atoms with Crippen LogP contribution in [0.4, 0.5) is 0 Å². The van der Waals surface area contributed by atoms with Crippen LogP contribution in [-0.2, 0) is 0 Å². The topological polar surface area (TPSA) is 0 Å². The van der Waals surface area contributed by atoms with Crippen molar-refractivity contribution in [3.63, 3.8) is 0 Å². The second kappa shape index (κ2) is 11.3. The van der Waals surface area contributed by atoms with Gasteiger partial charge in [-0.25, -0.2) is 0 Å². The highest BCUT2D eigenvalue weighted by Crippen LogP contribution is 2.35. The Kier molecular flexibility index (Phi) is 8.22. The first kappa shape index (κ1) is 24.7. The third-order valence-corrected chi connectivity index (χ3v) is 6.08. The monoisotopic (exact) mass is 442 g/mol. The van der Waals surface area contributed by atoms with E-state index in [0.717, 1.165) is 33.4 Å². The Morgan fingerprint density at radius 3 is 2.00 bits per heavy atom. The number of hydrogen-bond donors (Lipinski definition) is 0. The summed E-state index contributed by atoms with van der Waals surface area (Å²) in [6, 6.07) is 17.1. The maximum absolute atomic E-state index is 4.16. The third-order valence-electron chi connectivity index (χ3n) is 6.08. The summed E-state index contributed by atoms with van der Waals surface area (Å²) < 4.78 is 0. The maximum Gasteiger partial charge on any atom is -0.00964 e. The van der Waals surface area contributed by atoms with Gasteiger partial charge in [0, 0.05) is 0 Å². The first-order chi connectivity index (χ1) is 16.4. The summed E-state index contributed by atoms with van der Waals surface area (Å²) in [5.74, 6) is 0. The number of allylic oxidation sites excluding steroid dienone is 7. The summed E-state index contributed by atoms with van der Waals surface area (Å²) in [5, 5.41) is 2.37. The van der Waals surface area contributed by atoms with E-state index in [2.05, 4.69) is 119 Å². The van der Waals surface area contributed by atoms with Gasteiger partial charge in [0.25, 0.3) is 0 Å². The van der Waals surface area contributed by atoms with Crippen molar-refractivity contribution >= 4 is 40.6 Å². The lowest BCUT2D eigenvalue weighted by molar-refractivity contribution is 1.41. The van der Waals surface area contributed by atoms with Crippen LogP contribution < -0.4 is 0 Å². The van der Waals surface area contributed by atoms with E-state index in [1.807, 2.05) is 25.2 Å².